The summed E-state index contributed by atoms with van der Waals surface area (Å²) in [4.78, 5) is 11.5. The Balaban J connectivity index is 1.53. The number of aliphatic hydroxyl groups is 1. The fourth-order valence-electron chi connectivity index (χ4n) is 8.81. The second-order valence-corrected chi connectivity index (χ2v) is 12.9. The first-order chi connectivity index (χ1) is 15.1. The second kappa shape index (κ2) is 9.08. The third-order valence-corrected chi connectivity index (χ3v) is 10.5. The van der Waals surface area contributed by atoms with Crippen molar-refractivity contribution in [3.8, 4) is 0 Å². The van der Waals surface area contributed by atoms with Gasteiger partial charge in [0, 0.05) is 12.3 Å². The Bertz CT molecular complexity index is 739. The molecule has 0 bridgehead atoms. The first-order valence-electron chi connectivity index (χ1n) is 13.6. The minimum absolute atomic E-state index is 0.0375. The van der Waals surface area contributed by atoms with Crippen LogP contribution in [0.4, 0.5) is 0 Å². The normalized spacial score (nSPS) is 42.3. The monoisotopic (exact) mass is 444 g/mol. The van der Waals surface area contributed by atoms with Crippen LogP contribution >= 0.6 is 0 Å². The van der Waals surface area contributed by atoms with Gasteiger partial charge in [0.15, 0.2) is 0 Å². The lowest BCUT2D eigenvalue weighted by Gasteiger charge is -2.56. The quantitative estimate of drug-likeness (QED) is 0.352. The average molecular weight is 445 g/mol. The molecule has 3 saturated carbocycles. The van der Waals surface area contributed by atoms with E-state index in [4.69, 9.17) is 4.74 Å². The minimum Gasteiger partial charge on any atom is -0.463 e. The molecule has 4 aliphatic rings. The van der Waals surface area contributed by atoms with Gasteiger partial charge in [0.1, 0.15) is 6.10 Å². The van der Waals surface area contributed by atoms with Crippen molar-refractivity contribution in [2.24, 2.45) is 40.4 Å². The molecule has 0 aliphatic heterocycles. The molecule has 4 aliphatic carbocycles. The number of carbonyl (C=O) groups excluding carboxylic acids is 1. The van der Waals surface area contributed by atoms with Gasteiger partial charge in [-0.15, -0.1) is 0 Å². The van der Waals surface area contributed by atoms with Crippen LogP contribution in [0.15, 0.2) is 11.1 Å². The van der Waals surface area contributed by atoms with E-state index in [1.807, 2.05) is 0 Å². The molecule has 8 unspecified atom stereocenters. The fraction of sp³-hybridized carbons (Fsp3) is 0.897. The molecule has 0 aromatic heterocycles. The molecule has 182 valence electrons. The largest absolute Gasteiger partial charge is 0.463 e. The highest BCUT2D eigenvalue weighted by Gasteiger charge is 2.58. The summed E-state index contributed by atoms with van der Waals surface area (Å²) in [5.74, 6) is 3.59. The Kier molecular flexibility index (Phi) is 6.90. The van der Waals surface area contributed by atoms with E-state index in [0.29, 0.717) is 11.3 Å². The molecule has 0 aromatic rings. The molecule has 4 rings (SSSR count). The molecule has 3 fully saturated rings. The molecule has 0 spiro atoms. The van der Waals surface area contributed by atoms with Crippen molar-refractivity contribution in [2.45, 2.75) is 124 Å². The highest BCUT2D eigenvalue weighted by atomic mass is 16.5. The van der Waals surface area contributed by atoms with E-state index >= 15 is 0 Å². The van der Waals surface area contributed by atoms with Crippen molar-refractivity contribution >= 4 is 5.97 Å². The van der Waals surface area contributed by atoms with Crippen LogP contribution in [0.2, 0.25) is 0 Å². The van der Waals surface area contributed by atoms with Crippen molar-refractivity contribution in [2.75, 3.05) is 0 Å². The minimum atomic E-state index is -0.311. The topological polar surface area (TPSA) is 46.5 Å². The second-order valence-electron chi connectivity index (χ2n) is 12.9. The zero-order valence-electron chi connectivity index (χ0n) is 21.6. The van der Waals surface area contributed by atoms with Crippen molar-refractivity contribution < 1.29 is 14.6 Å². The lowest BCUT2D eigenvalue weighted by Crippen LogP contribution is -2.50. The Morgan fingerprint density at radius 1 is 1.12 bits per heavy atom. The van der Waals surface area contributed by atoms with Crippen LogP contribution in [0.25, 0.3) is 0 Å². The molecule has 3 nitrogen and oxygen atoms in total. The van der Waals surface area contributed by atoms with Crippen LogP contribution in [0.1, 0.15) is 112 Å². The standard InChI is InChI=1S/C29H48O3/c1-18(2)8-7-9-19(3)24-12-13-26-23-16-27(31)29(6)17-21(32-20(4)30)10-11-25(29)22(23)14-15-28(24,26)5/h18-19,21,23-24,26-27,31H,7-17H2,1-6H3. The first-order valence-corrected chi connectivity index (χ1v) is 13.6. The van der Waals surface area contributed by atoms with Crippen molar-refractivity contribution in [3.05, 3.63) is 11.1 Å². The molecule has 0 radical (unpaired) electrons. The van der Waals surface area contributed by atoms with E-state index in [0.717, 1.165) is 49.4 Å². The van der Waals surface area contributed by atoms with E-state index in [2.05, 4.69) is 34.6 Å². The van der Waals surface area contributed by atoms with E-state index in [1.54, 1.807) is 11.1 Å². The van der Waals surface area contributed by atoms with Gasteiger partial charge in [-0.25, -0.2) is 0 Å². The number of esters is 1. The van der Waals surface area contributed by atoms with Crippen LogP contribution in [0, 0.1) is 40.4 Å². The van der Waals surface area contributed by atoms with Crippen molar-refractivity contribution in [1.82, 2.24) is 0 Å². The van der Waals surface area contributed by atoms with E-state index < -0.39 is 0 Å². The lowest BCUT2D eigenvalue weighted by atomic mass is 9.50. The van der Waals surface area contributed by atoms with Gasteiger partial charge in [-0.2, -0.15) is 0 Å². The van der Waals surface area contributed by atoms with Crippen molar-refractivity contribution in [3.63, 3.8) is 0 Å². The Hall–Kier alpha value is -0.830. The van der Waals surface area contributed by atoms with Gasteiger partial charge in [-0.1, -0.05) is 65.0 Å². The number of ether oxygens (including phenoxy) is 1. The van der Waals surface area contributed by atoms with E-state index in [-0.39, 0.29) is 23.6 Å². The Morgan fingerprint density at radius 2 is 1.88 bits per heavy atom. The van der Waals surface area contributed by atoms with Crippen molar-refractivity contribution in [1.29, 1.82) is 0 Å². The molecule has 0 saturated heterocycles. The predicted octanol–water partition coefficient (Wildman–Crippen LogP) is 7.07. The number of allylic oxidation sites excluding steroid dienone is 1. The summed E-state index contributed by atoms with van der Waals surface area (Å²) in [7, 11) is 0. The zero-order chi connectivity index (χ0) is 23.3. The predicted molar refractivity (Wildman–Crippen MR) is 130 cm³/mol. The summed E-state index contributed by atoms with van der Waals surface area (Å²) in [6.07, 6.45) is 12.6. The van der Waals surface area contributed by atoms with Crippen LogP contribution < -0.4 is 0 Å². The van der Waals surface area contributed by atoms with Gasteiger partial charge in [-0.3, -0.25) is 4.79 Å². The number of carbonyl (C=O) groups is 1. The van der Waals surface area contributed by atoms with E-state index in [1.165, 1.54) is 51.9 Å². The maximum absolute atomic E-state index is 11.5. The lowest BCUT2D eigenvalue weighted by molar-refractivity contribution is -0.150. The maximum atomic E-state index is 11.5. The highest BCUT2D eigenvalue weighted by Crippen LogP contribution is 2.65. The Morgan fingerprint density at radius 3 is 2.56 bits per heavy atom. The Labute approximate surface area is 196 Å². The number of fused-ring (bicyclic) bond motifs is 4. The summed E-state index contributed by atoms with van der Waals surface area (Å²) in [5, 5.41) is 11.4. The molecule has 0 amide bonds. The average Bonchev–Trinajstić information content (AvgIpc) is 3.05. The van der Waals surface area contributed by atoms with Gasteiger partial charge >= 0.3 is 5.97 Å². The third kappa shape index (κ3) is 4.21. The first kappa shape index (κ1) is 24.3. The number of hydrogen-bond donors (Lipinski definition) is 1. The summed E-state index contributed by atoms with van der Waals surface area (Å²) in [5.41, 5.74) is 3.48. The van der Waals surface area contributed by atoms with Crippen LogP contribution in [0.5, 0.6) is 0 Å². The summed E-state index contributed by atoms with van der Waals surface area (Å²) in [6, 6.07) is 0. The molecular formula is C29H48O3. The molecule has 0 heterocycles. The maximum Gasteiger partial charge on any atom is 0.302 e. The summed E-state index contributed by atoms with van der Waals surface area (Å²) in [6.45, 7) is 13.6. The molecule has 32 heavy (non-hydrogen) atoms. The van der Waals surface area contributed by atoms with E-state index in [9.17, 15) is 9.90 Å². The van der Waals surface area contributed by atoms with Gasteiger partial charge in [-0.05, 0) is 86.4 Å². The summed E-state index contributed by atoms with van der Waals surface area (Å²) >= 11 is 0. The third-order valence-electron chi connectivity index (χ3n) is 10.5. The van der Waals surface area contributed by atoms with Crippen LogP contribution in [-0.2, 0) is 9.53 Å². The van der Waals surface area contributed by atoms with Gasteiger partial charge in [0.05, 0.1) is 6.10 Å². The zero-order valence-corrected chi connectivity index (χ0v) is 21.6. The molecular weight excluding hydrogens is 396 g/mol. The van der Waals surface area contributed by atoms with Crippen LogP contribution in [0.3, 0.4) is 0 Å². The number of aliphatic hydroxyl groups excluding tert-OH is 1. The molecule has 3 heteroatoms. The molecule has 1 N–H and O–H groups in total. The molecule has 8 atom stereocenters. The highest BCUT2D eigenvalue weighted by molar-refractivity contribution is 5.66. The van der Waals surface area contributed by atoms with Gasteiger partial charge < -0.3 is 9.84 Å². The fourth-order valence-corrected chi connectivity index (χ4v) is 8.81. The molecule has 0 aromatic carbocycles. The van der Waals surface area contributed by atoms with Gasteiger partial charge in [0.25, 0.3) is 0 Å². The number of hydrogen-bond acceptors (Lipinski definition) is 3. The SMILES string of the molecule is CC(=O)OC1CCC2=C3CCC4(C)C(C(C)CCCC(C)C)CCC4C3CC(O)C2(C)C1. The number of rotatable bonds is 6. The van der Waals surface area contributed by atoms with Crippen LogP contribution in [-0.4, -0.2) is 23.3 Å². The summed E-state index contributed by atoms with van der Waals surface area (Å²) < 4.78 is 5.59. The smallest absolute Gasteiger partial charge is 0.302 e. The van der Waals surface area contributed by atoms with Gasteiger partial charge in [0.2, 0.25) is 0 Å².